The van der Waals surface area contributed by atoms with E-state index in [0.29, 0.717) is 0 Å². The maximum absolute atomic E-state index is 10.1. The first-order chi connectivity index (χ1) is 3.98. The fourth-order valence-corrected chi connectivity index (χ4v) is 0.323. The quantitative estimate of drug-likeness (QED) is 0.570. The number of rotatable bonds is 2. The number of carbonyl (C=O) groups is 1. The van der Waals surface area contributed by atoms with Crippen LogP contribution in [0.1, 0.15) is 27.2 Å². The van der Waals surface area contributed by atoms with Crippen LogP contribution in [0.4, 0.5) is 4.79 Å². The smallest absolute Gasteiger partial charge is 0.426 e. The number of hydrogen-bond donors (Lipinski definition) is 0. The van der Waals surface area contributed by atoms with Crippen molar-refractivity contribution in [2.75, 3.05) is 0 Å². The second kappa shape index (κ2) is 2.71. The lowest BCUT2D eigenvalue weighted by molar-refractivity contribution is 0.0417. The van der Waals surface area contributed by atoms with Gasteiger partial charge in [-0.2, -0.15) is 0 Å². The molecule has 0 rings (SSSR count). The van der Waals surface area contributed by atoms with Crippen LogP contribution in [0, 0.1) is 0 Å². The van der Waals surface area contributed by atoms with Crippen LogP contribution in [-0.2, 0) is 4.74 Å². The lowest BCUT2D eigenvalue weighted by Gasteiger charge is -2.20. The predicted molar refractivity (Wildman–Crippen MR) is 33.9 cm³/mol. The fourth-order valence-electron chi connectivity index (χ4n) is 0.323. The zero-order valence-corrected chi connectivity index (χ0v) is 6.02. The summed E-state index contributed by atoms with van der Waals surface area (Å²) in [5.74, 6) is 0. The van der Waals surface area contributed by atoms with E-state index < -0.39 is 11.7 Å². The van der Waals surface area contributed by atoms with Gasteiger partial charge in [-0.25, -0.2) is 10.5 Å². The van der Waals surface area contributed by atoms with Crippen molar-refractivity contribution in [3.8, 4) is 0 Å². The molecule has 3 nitrogen and oxygen atoms in total. The van der Waals surface area contributed by atoms with Gasteiger partial charge < -0.3 is 4.74 Å². The van der Waals surface area contributed by atoms with Crippen LogP contribution in [0.5, 0.6) is 0 Å². The van der Waals surface area contributed by atoms with E-state index in [1.807, 2.05) is 6.92 Å². The average molecular weight is 130 g/mol. The molecule has 0 saturated heterocycles. The molecule has 0 aliphatic carbocycles. The van der Waals surface area contributed by atoms with Gasteiger partial charge in [0.2, 0.25) is 0 Å². The van der Waals surface area contributed by atoms with Crippen LogP contribution in [0.25, 0.3) is 0 Å². The zero-order valence-electron chi connectivity index (χ0n) is 6.02. The van der Waals surface area contributed by atoms with Crippen LogP contribution >= 0.6 is 0 Å². The van der Waals surface area contributed by atoms with Gasteiger partial charge in [-0.1, -0.05) is 6.92 Å². The Morgan fingerprint density at radius 3 is 2.22 bits per heavy atom. The topological polar surface area (TPSA) is 50.1 Å². The summed E-state index contributed by atoms with van der Waals surface area (Å²) in [5, 5.41) is 0. The summed E-state index contributed by atoms with van der Waals surface area (Å²) >= 11 is 0. The van der Waals surface area contributed by atoms with Crippen LogP contribution in [-0.4, -0.2) is 11.7 Å². The van der Waals surface area contributed by atoms with Gasteiger partial charge in [-0.05, 0) is 20.3 Å². The second-order valence-corrected chi connectivity index (χ2v) is 2.50. The molecule has 0 fully saturated rings. The molecule has 0 aromatic rings. The van der Waals surface area contributed by atoms with Gasteiger partial charge in [-0.15, -0.1) is 0 Å². The van der Waals surface area contributed by atoms with Crippen LogP contribution in [0.3, 0.4) is 0 Å². The van der Waals surface area contributed by atoms with Crippen molar-refractivity contribution in [3.63, 3.8) is 0 Å². The summed E-state index contributed by atoms with van der Waals surface area (Å²) in [6, 6.07) is 0. The molecular formula is C6H12NO2. The van der Waals surface area contributed by atoms with Crippen LogP contribution in [0.15, 0.2) is 0 Å². The molecule has 1 amide bonds. The molecule has 0 saturated carbocycles. The van der Waals surface area contributed by atoms with E-state index in [-0.39, 0.29) is 0 Å². The molecule has 0 heterocycles. The first-order valence-electron chi connectivity index (χ1n) is 2.92. The highest BCUT2D eigenvalue weighted by molar-refractivity contribution is 5.64. The number of carbonyl (C=O) groups excluding carboxylic acids is 1. The van der Waals surface area contributed by atoms with Gasteiger partial charge in [0.1, 0.15) is 5.60 Å². The van der Waals surface area contributed by atoms with Crippen molar-refractivity contribution in [1.29, 1.82) is 0 Å². The highest BCUT2D eigenvalue weighted by Gasteiger charge is 2.18. The van der Waals surface area contributed by atoms with Gasteiger partial charge >= 0.3 is 6.09 Å². The van der Waals surface area contributed by atoms with Crippen LogP contribution < -0.4 is 5.73 Å². The lowest BCUT2D eigenvalue weighted by atomic mass is 10.1. The summed E-state index contributed by atoms with van der Waals surface area (Å²) in [4.78, 5) is 10.1. The van der Waals surface area contributed by atoms with E-state index in [2.05, 4.69) is 4.74 Å². The van der Waals surface area contributed by atoms with Gasteiger partial charge in [0.15, 0.2) is 0 Å². The molecule has 0 aromatic heterocycles. The van der Waals surface area contributed by atoms with Gasteiger partial charge in [0.05, 0.1) is 0 Å². The molecule has 0 unspecified atom stereocenters. The third-order valence-corrected chi connectivity index (χ3v) is 1.22. The zero-order chi connectivity index (χ0) is 7.49. The molecule has 0 spiro atoms. The van der Waals surface area contributed by atoms with Crippen molar-refractivity contribution >= 4 is 6.09 Å². The Morgan fingerprint density at radius 1 is 1.67 bits per heavy atom. The Labute approximate surface area is 55.2 Å². The second-order valence-electron chi connectivity index (χ2n) is 2.50. The number of nitrogens with one attached hydrogen (secondary N) is 1. The van der Waals surface area contributed by atoms with E-state index in [9.17, 15) is 4.79 Å². The Bertz CT molecular complexity index is 110. The van der Waals surface area contributed by atoms with E-state index in [4.69, 9.17) is 5.73 Å². The molecule has 0 aliphatic heterocycles. The third kappa shape index (κ3) is 3.82. The largest absolute Gasteiger partial charge is 0.442 e. The van der Waals surface area contributed by atoms with Crippen molar-refractivity contribution < 1.29 is 9.53 Å². The number of hydrogen-bond acceptors (Lipinski definition) is 2. The molecule has 3 heteroatoms. The standard InChI is InChI=1S/C6H12NO2/c1-4-6(2,3)9-5(7)8/h7H,4H2,1-3H3. The average Bonchev–Trinajstić information content (AvgIpc) is 1.63. The monoisotopic (exact) mass is 130 g/mol. The van der Waals surface area contributed by atoms with E-state index in [1.54, 1.807) is 13.8 Å². The van der Waals surface area contributed by atoms with Crippen molar-refractivity contribution in [1.82, 2.24) is 5.73 Å². The SMILES string of the molecule is CCC(C)(C)OC([NH])=O. The summed E-state index contributed by atoms with van der Waals surface area (Å²) in [6.45, 7) is 5.46. The summed E-state index contributed by atoms with van der Waals surface area (Å²) in [7, 11) is 0. The maximum atomic E-state index is 10.1. The molecule has 0 bridgehead atoms. The molecule has 1 radical (unpaired) electrons. The van der Waals surface area contributed by atoms with Crippen molar-refractivity contribution in [3.05, 3.63) is 0 Å². The molecular weight excluding hydrogens is 118 g/mol. The predicted octanol–water partition coefficient (Wildman–Crippen LogP) is 1.59. The van der Waals surface area contributed by atoms with E-state index in [0.717, 1.165) is 6.42 Å². The first-order valence-corrected chi connectivity index (χ1v) is 2.92. The number of ether oxygens (including phenoxy) is 1. The lowest BCUT2D eigenvalue weighted by Crippen LogP contribution is -2.26. The van der Waals surface area contributed by atoms with Gasteiger partial charge in [0.25, 0.3) is 0 Å². The molecule has 0 aliphatic rings. The summed E-state index contributed by atoms with van der Waals surface area (Å²) in [5.41, 5.74) is 6.00. The molecule has 0 aromatic carbocycles. The maximum Gasteiger partial charge on any atom is 0.426 e. The Hall–Kier alpha value is -0.730. The minimum atomic E-state index is -0.957. The van der Waals surface area contributed by atoms with Crippen molar-refractivity contribution in [2.45, 2.75) is 32.8 Å². The van der Waals surface area contributed by atoms with E-state index >= 15 is 0 Å². The minimum Gasteiger partial charge on any atom is -0.442 e. The first kappa shape index (κ1) is 8.27. The summed E-state index contributed by atoms with van der Waals surface area (Å²) < 4.78 is 4.61. The van der Waals surface area contributed by atoms with Gasteiger partial charge in [0, 0.05) is 0 Å². The Kier molecular flexibility index (Phi) is 2.49. The Balaban J connectivity index is 3.71. The molecule has 9 heavy (non-hydrogen) atoms. The van der Waals surface area contributed by atoms with Crippen molar-refractivity contribution in [2.24, 2.45) is 0 Å². The molecule has 1 N–H and O–H groups in total. The minimum absolute atomic E-state index is 0.473. The highest BCUT2D eigenvalue weighted by atomic mass is 16.6. The van der Waals surface area contributed by atoms with Crippen LogP contribution in [0.2, 0.25) is 0 Å². The summed E-state index contributed by atoms with van der Waals surface area (Å²) in [6.07, 6.45) is -0.223. The highest BCUT2D eigenvalue weighted by Crippen LogP contribution is 2.12. The number of amides is 1. The normalized spacial score (nSPS) is 11.0. The molecule has 53 valence electrons. The van der Waals surface area contributed by atoms with Gasteiger partial charge in [-0.3, -0.25) is 0 Å². The van der Waals surface area contributed by atoms with E-state index in [1.165, 1.54) is 0 Å². The Morgan fingerprint density at radius 2 is 2.11 bits per heavy atom. The fraction of sp³-hybridized carbons (Fsp3) is 0.833. The molecule has 0 atom stereocenters. The third-order valence-electron chi connectivity index (χ3n) is 1.22.